The highest BCUT2D eigenvalue weighted by molar-refractivity contribution is 6.90. The molecule has 178 valence electrons. The molecule has 0 spiro atoms. The molecule has 0 bridgehead atoms. The molecule has 1 N–H and O–H groups in total. The van der Waals surface area contributed by atoms with Crippen molar-refractivity contribution < 1.29 is 19.0 Å². The molecule has 1 aliphatic heterocycles. The fourth-order valence-corrected chi connectivity index (χ4v) is 9.89. The van der Waals surface area contributed by atoms with Gasteiger partial charge in [0.2, 0.25) is 0 Å². The van der Waals surface area contributed by atoms with Gasteiger partial charge in [0.15, 0.2) is 11.5 Å². The molecule has 1 heterocycles. The molecular weight excluding hydrogens is 418 g/mol. The predicted octanol–water partition coefficient (Wildman–Crippen LogP) is 6.09. The lowest BCUT2D eigenvalue weighted by Crippen LogP contribution is -2.43. The van der Waals surface area contributed by atoms with Crippen molar-refractivity contribution in [3.05, 3.63) is 23.3 Å². The van der Waals surface area contributed by atoms with Crippen LogP contribution in [0.5, 0.6) is 11.5 Å². The molecule has 0 saturated carbocycles. The highest BCUT2D eigenvalue weighted by atomic mass is 28.3. The van der Waals surface area contributed by atoms with E-state index in [1.165, 1.54) is 0 Å². The van der Waals surface area contributed by atoms with Crippen molar-refractivity contribution in [3.63, 3.8) is 0 Å². The highest BCUT2D eigenvalue weighted by Gasteiger charge is 2.41. The van der Waals surface area contributed by atoms with Crippen LogP contribution in [-0.2, 0) is 11.2 Å². The molecule has 0 atom stereocenters. The van der Waals surface area contributed by atoms with Crippen molar-refractivity contribution in [3.8, 4) is 23.0 Å². The first-order chi connectivity index (χ1) is 14.9. The van der Waals surface area contributed by atoms with Gasteiger partial charge in [0, 0.05) is 12.1 Å². The summed E-state index contributed by atoms with van der Waals surface area (Å²) >= 11 is 0. The highest BCUT2D eigenvalue weighted by Crippen LogP contribution is 2.41. The maximum atomic E-state index is 12.0. The van der Waals surface area contributed by atoms with Crippen LogP contribution in [0.3, 0.4) is 0 Å². The number of carbonyl (C=O) groups excluding carboxylic acids is 1. The third kappa shape index (κ3) is 6.44. The number of alkyl carbamates (subject to hydrolysis) is 1. The van der Waals surface area contributed by atoms with Gasteiger partial charge in [-0.2, -0.15) is 0 Å². The molecule has 1 amide bonds. The van der Waals surface area contributed by atoms with Crippen molar-refractivity contribution in [1.29, 1.82) is 0 Å². The second-order valence-electron chi connectivity index (χ2n) is 10.5. The van der Waals surface area contributed by atoms with Gasteiger partial charge in [-0.15, -0.1) is 5.54 Å². The number of hydrogen-bond donors (Lipinski definition) is 1. The van der Waals surface area contributed by atoms with Crippen molar-refractivity contribution in [2.24, 2.45) is 0 Å². The Bertz CT molecular complexity index is 837. The average Bonchev–Trinajstić information content (AvgIpc) is 2.66. The topological polar surface area (TPSA) is 56.8 Å². The number of fused-ring (bicyclic) bond motifs is 1. The van der Waals surface area contributed by atoms with Gasteiger partial charge in [-0.1, -0.05) is 47.5 Å². The molecule has 1 aliphatic rings. The number of ether oxygens (including phenoxy) is 3. The Hall–Kier alpha value is -2.13. The van der Waals surface area contributed by atoms with Crippen LogP contribution >= 0.6 is 0 Å². The summed E-state index contributed by atoms with van der Waals surface area (Å²) < 4.78 is 17.0. The van der Waals surface area contributed by atoms with E-state index in [0.29, 0.717) is 42.8 Å². The fourth-order valence-electron chi connectivity index (χ4n) is 4.68. The van der Waals surface area contributed by atoms with Crippen LogP contribution in [-0.4, -0.2) is 39.5 Å². The van der Waals surface area contributed by atoms with Crippen LogP contribution in [0.4, 0.5) is 4.79 Å². The summed E-state index contributed by atoms with van der Waals surface area (Å²) in [5.41, 5.74) is 6.98. The molecular formula is C26H41NO4Si. The normalized spacial score (nSPS) is 13.8. The molecule has 2 rings (SSSR count). The SMILES string of the molecule is CC(C)[Si](C#Cc1cc2c(cc1CCNC(=O)OC(C)(C)C)OCCO2)(C(C)C)C(C)C. The smallest absolute Gasteiger partial charge is 0.407 e. The van der Waals surface area contributed by atoms with Gasteiger partial charge in [0.05, 0.1) is 0 Å². The largest absolute Gasteiger partial charge is 0.486 e. The molecule has 1 aromatic carbocycles. The van der Waals surface area contributed by atoms with Gasteiger partial charge < -0.3 is 19.5 Å². The summed E-state index contributed by atoms with van der Waals surface area (Å²) in [5, 5.41) is 2.85. The first-order valence-corrected chi connectivity index (χ1v) is 14.0. The maximum absolute atomic E-state index is 12.0. The lowest BCUT2D eigenvalue weighted by atomic mass is 10.0. The van der Waals surface area contributed by atoms with Crippen LogP contribution in [0.2, 0.25) is 16.6 Å². The van der Waals surface area contributed by atoms with E-state index < -0.39 is 19.8 Å². The van der Waals surface area contributed by atoms with E-state index in [9.17, 15) is 4.79 Å². The van der Waals surface area contributed by atoms with Crippen molar-refractivity contribution in [2.75, 3.05) is 19.8 Å². The zero-order chi connectivity index (χ0) is 24.1. The van der Waals surface area contributed by atoms with Crippen LogP contribution in [0, 0.1) is 11.5 Å². The minimum absolute atomic E-state index is 0.409. The minimum Gasteiger partial charge on any atom is -0.486 e. The zero-order valence-electron chi connectivity index (χ0n) is 21.3. The van der Waals surface area contributed by atoms with Crippen LogP contribution in [0.15, 0.2) is 12.1 Å². The lowest BCUT2D eigenvalue weighted by Gasteiger charge is -2.38. The maximum Gasteiger partial charge on any atom is 0.407 e. The van der Waals surface area contributed by atoms with Crippen molar-refractivity contribution in [2.45, 2.75) is 91.0 Å². The van der Waals surface area contributed by atoms with E-state index in [2.05, 4.69) is 58.3 Å². The summed E-state index contributed by atoms with van der Waals surface area (Å²) in [6.45, 7) is 21.0. The van der Waals surface area contributed by atoms with Gasteiger partial charge in [0.25, 0.3) is 0 Å². The minimum atomic E-state index is -1.87. The third-order valence-corrected chi connectivity index (χ3v) is 12.4. The Kier molecular flexibility index (Phi) is 8.70. The standard InChI is InChI=1S/C26H41NO4Si/c1-18(2)32(19(3)4,20(5)6)15-11-22-17-24-23(29-13-14-30-24)16-21(22)10-12-27-25(28)31-26(7,8)9/h16-20H,10,12-14H2,1-9H3,(H,27,28). The monoisotopic (exact) mass is 459 g/mol. The predicted molar refractivity (Wildman–Crippen MR) is 133 cm³/mol. The van der Waals surface area contributed by atoms with E-state index in [4.69, 9.17) is 14.2 Å². The van der Waals surface area contributed by atoms with E-state index in [-0.39, 0.29) is 0 Å². The number of benzene rings is 1. The van der Waals surface area contributed by atoms with E-state index in [1.807, 2.05) is 32.9 Å². The Morgan fingerprint density at radius 2 is 1.56 bits per heavy atom. The zero-order valence-corrected chi connectivity index (χ0v) is 22.3. The molecule has 1 aromatic rings. The Morgan fingerprint density at radius 1 is 1.03 bits per heavy atom. The Morgan fingerprint density at radius 3 is 2.06 bits per heavy atom. The first kappa shape index (κ1) is 26.1. The van der Waals surface area contributed by atoms with Gasteiger partial charge in [-0.05, 0) is 61.5 Å². The van der Waals surface area contributed by atoms with E-state index in [0.717, 1.165) is 22.6 Å². The van der Waals surface area contributed by atoms with Gasteiger partial charge >= 0.3 is 6.09 Å². The first-order valence-electron chi connectivity index (χ1n) is 11.8. The molecule has 0 unspecified atom stereocenters. The second-order valence-corrected chi connectivity index (χ2v) is 16.1. The summed E-state index contributed by atoms with van der Waals surface area (Å²) in [7, 11) is -1.87. The van der Waals surface area contributed by atoms with Gasteiger partial charge in [-0.3, -0.25) is 0 Å². The summed E-state index contributed by atoms with van der Waals surface area (Å²) in [4.78, 5) is 12.0. The summed E-state index contributed by atoms with van der Waals surface area (Å²) in [6.07, 6.45) is 0.230. The van der Waals surface area contributed by atoms with Crippen LogP contribution in [0.1, 0.15) is 73.4 Å². The van der Waals surface area contributed by atoms with Crippen molar-refractivity contribution in [1.82, 2.24) is 5.32 Å². The molecule has 0 fully saturated rings. The molecule has 6 heteroatoms. The Balaban J connectivity index is 2.36. The number of nitrogens with one attached hydrogen (secondary N) is 1. The average molecular weight is 460 g/mol. The quantitative estimate of drug-likeness (QED) is 0.413. The fraction of sp³-hybridized carbons (Fsp3) is 0.654. The second kappa shape index (κ2) is 10.7. The molecule has 0 radical (unpaired) electrons. The Labute approximate surface area is 195 Å². The molecule has 0 aromatic heterocycles. The van der Waals surface area contributed by atoms with Gasteiger partial charge in [0.1, 0.15) is 26.9 Å². The summed E-state index contributed by atoms with van der Waals surface area (Å²) in [6, 6.07) is 4.02. The third-order valence-electron chi connectivity index (χ3n) is 6.11. The van der Waals surface area contributed by atoms with Crippen LogP contribution in [0.25, 0.3) is 0 Å². The van der Waals surface area contributed by atoms with Gasteiger partial charge in [-0.25, -0.2) is 4.79 Å². The number of rotatable bonds is 6. The number of carbonyl (C=O) groups is 1. The summed E-state index contributed by atoms with van der Waals surface area (Å²) in [5.74, 6) is 5.05. The number of hydrogen-bond acceptors (Lipinski definition) is 4. The number of amides is 1. The van der Waals surface area contributed by atoms with E-state index in [1.54, 1.807) is 0 Å². The van der Waals surface area contributed by atoms with E-state index >= 15 is 0 Å². The van der Waals surface area contributed by atoms with Crippen molar-refractivity contribution >= 4 is 14.2 Å². The molecule has 5 nitrogen and oxygen atoms in total. The van der Waals surface area contributed by atoms with Crippen LogP contribution < -0.4 is 14.8 Å². The molecule has 0 saturated heterocycles. The lowest BCUT2D eigenvalue weighted by molar-refractivity contribution is 0.0528. The molecule has 32 heavy (non-hydrogen) atoms. The molecule has 0 aliphatic carbocycles.